The first-order chi connectivity index (χ1) is 16.1. The average molecular weight is 478 g/mol. The number of carbonyl (C=O) groups is 4. The molecule has 10 nitrogen and oxygen atoms in total. The summed E-state index contributed by atoms with van der Waals surface area (Å²) in [6.07, 6.45) is 1.92. The number of carbonyl (C=O) groups excluding carboxylic acids is 4. The standard InChI is InChI=1S/C24H30O10/c1-13-7-9-23(20(27)30-3)17(5-6-18(33-14(2)25)24(23,29)21(28)31-4)22(13)11-16(34-19(22)26)15-8-10-32-12-15/h8,10,12-13,16-18,29H,5-7,9,11H2,1-4H3/t13-,16-,17+,18+,22-,23-,24-/m0/s1. The second kappa shape index (κ2) is 8.41. The molecule has 186 valence electrons. The van der Waals surface area contributed by atoms with E-state index in [9.17, 15) is 24.3 Å². The Morgan fingerprint density at radius 1 is 1.12 bits per heavy atom. The second-order valence-corrected chi connectivity index (χ2v) is 9.58. The van der Waals surface area contributed by atoms with Crippen molar-refractivity contribution in [2.24, 2.45) is 22.7 Å². The van der Waals surface area contributed by atoms with Gasteiger partial charge in [-0.15, -0.1) is 0 Å². The highest BCUT2D eigenvalue weighted by atomic mass is 16.6. The van der Waals surface area contributed by atoms with Crippen LogP contribution in [-0.4, -0.2) is 54.9 Å². The quantitative estimate of drug-likeness (QED) is 0.505. The highest BCUT2D eigenvalue weighted by molar-refractivity contribution is 5.94. The molecule has 1 saturated heterocycles. The van der Waals surface area contributed by atoms with Gasteiger partial charge >= 0.3 is 23.9 Å². The van der Waals surface area contributed by atoms with E-state index in [1.807, 2.05) is 6.92 Å². The summed E-state index contributed by atoms with van der Waals surface area (Å²) >= 11 is 0. The van der Waals surface area contributed by atoms with Gasteiger partial charge in [0.05, 0.1) is 32.2 Å². The van der Waals surface area contributed by atoms with Crippen LogP contribution < -0.4 is 0 Å². The number of fused-ring (bicyclic) bond motifs is 2. The van der Waals surface area contributed by atoms with Crippen LogP contribution in [0.15, 0.2) is 23.0 Å². The number of hydrogen-bond donors (Lipinski definition) is 1. The summed E-state index contributed by atoms with van der Waals surface area (Å²) < 4.78 is 26.4. The van der Waals surface area contributed by atoms with E-state index < -0.39 is 58.4 Å². The van der Waals surface area contributed by atoms with Crippen molar-refractivity contribution in [3.8, 4) is 0 Å². The molecule has 0 radical (unpaired) electrons. The van der Waals surface area contributed by atoms with E-state index in [0.29, 0.717) is 12.0 Å². The SMILES string of the molecule is COC(=O)[C@@]1(O)[C@H](OC(C)=O)CC[C@@H]2[C@]3(C[C@@H](c4ccoc4)OC3=O)[C@@H](C)CC[C@@]21C(=O)OC. The second-order valence-electron chi connectivity index (χ2n) is 9.58. The van der Waals surface area contributed by atoms with Crippen molar-refractivity contribution in [3.63, 3.8) is 0 Å². The van der Waals surface area contributed by atoms with Gasteiger partial charge in [0.1, 0.15) is 17.6 Å². The van der Waals surface area contributed by atoms with Gasteiger partial charge in [-0.1, -0.05) is 6.92 Å². The lowest BCUT2D eigenvalue weighted by atomic mass is 9.42. The van der Waals surface area contributed by atoms with Crippen LogP contribution in [0.4, 0.5) is 0 Å². The summed E-state index contributed by atoms with van der Waals surface area (Å²) in [6, 6.07) is 1.71. The third-order valence-electron chi connectivity index (χ3n) is 8.35. The molecule has 7 atom stereocenters. The van der Waals surface area contributed by atoms with Crippen LogP contribution in [0.2, 0.25) is 0 Å². The molecule has 2 heterocycles. The largest absolute Gasteiger partial charge is 0.472 e. The molecule has 2 saturated carbocycles. The van der Waals surface area contributed by atoms with E-state index in [0.717, 1.165) is 21.1 Å². The minimum absolute atomic E-state index is 0.0419. The van der Waals surface area contributed by atoms with Crippen molar-refractivity contribution in [1.29, 1.82) is 0 Å². The van der Waals surface area contributed by atoms with Gasteiger partial charge in [-0.25, -0.2) is 4.79 Å². The maximum absolute atomic E-state index is 13.6. The summed E-state index contributed by atoms with van der Waals surface area (Å²) in [7, 11) is 2.24. The number of furan rings is 1. The number of hydrogen-bond acceptors (Lipinski definition) is 10. The Morgan fingerprint density at radius 2 is 1.82 bits per heavy atom. The van der Waals surface area contributed by atoms with E-state index in [-0.39, 0.29) is 31.6 Å². The van der Waals surface area contributed by atoms with E-state index in [2.05, 4.69) is 0 Å². The predicted molar refractivity (Wildman–Crippen MR) is 113 cm³/mol. The first-order valence-electron chi connectivity index (χ1n) is 11.4. The fourth-order valence-electron chi connectivity index (χ4n) is 6.83. The van der Waals surface area contributed by atoms with Gasteiger partial charge in [-0.2, -0.15) is 0 Å². The van der Waals surface area contributed by atoms with Crippen molar-refractivity contribution in [2.75, 3.05) is 14.2 Å². The molecular weight excluding hydrogens is 448 g/mol. The summed E-state index contributed by atoms with van der Waals surface area (Å²) in [5.41, 5.74) is -4.94. The zero-order valence-corrected chi connectivity index (χ0v) is 19.7. The Morgan fingerprint density at radius 3 is 2.41 bits per heavy atom. The number of methoxy groups -OCH3 is 2. The third-order valence-corrected chi connectivity index (χ3v) is 8.35. The summed E-state index contributed by atoms with van der Waals surface area (Å²) in [5.74, 6) is -4.22. The van der Waals surface area contributed by atoms with Crippen LogP contribution in [0.1, 0.15) is 57.6 Å². The van der Waals surface area contributed by atoms with Gasteiger partial charge in [0.15, 0.2) is 0 Å². The first-order valence-corrected chi connectivity index (χ1v) is 11.4. The normalized spacial score (nSPS) is 39.1. The molecule has 0 unspecified atom stereocenters. The van der Waals surface area contributed by atoms with Gasteiger partial charge in [0.25, 0.3) is 0 Å². The molecule has 1 aliphatic heterocycles. The highest BCUT2D eigenvalue weighted by Gasteiger charge is 2.79. The topological polar surface area (TPSA) is 139 Å². The maximum atomic E-state index is 13.6. The third kappa shape index (κ3) is 3.03. The first kappa shape index (κ1) is 24.3. The van der Waals surface area contributed by atoms with Crippen molar-refractivity contribution in [3.05, 3.63) is 24.2 Å². The summed E-state index contributed by atoms with van der Waals surface area (Å²) in [4.78, 5) is 52.2. The minimum atomic E-state index is -2.55. The van der Waals surface area contributed by atoms with Crippen molar-refractivity contribution in [1.82, 2.24) is 0 Å². The van der Waals surface area contributed by atoms with Gasteiger partial charge < -0.3 is 28.5 Å². The monoisotopic (exact) mass is 478 g/mol. The fourth-order valence-corrected chi connectivity index (χ4v) is 6.83. The van der Waals surface area contributed by atoms with Gasteiger partial charge in [-0.05, 0) is 43.6 Å². The highest BCUT2D eigenvalue weighted by Crippen LogP contribution is 2.68. The number of ether oxygens (including phenoxy) is 4. The number of rotatable bonds is 4. The molecule has 2 aliphatic carbocycles. The molecule has 3 aliphatic rings. The lowest BCUT2D eigenvalue weighted by Crippen LogP contribution is -2.75. The van der Waals surface area contributed by atoms with Gasteiger partial charge in [0, 0.05) is 18.9 Å². The Balaban J connectivity index is 1.90. The molecule has 0 aromatic carbocycles. The van der Waals surface area contributed by atoms with Crippen LogP contribution in [0, 0.1) is 22.7 Å². The van der Waals surface area contributed by atoms with Crippen molar-refractivity contribution < 1.29 is 47.6 Å². The number of esters is 4. The molecule has 34 heavy (non-hydrogen) atoms. The zero-order chi connectivity index (χ0) is 24.9. The molecule has 1 aromatic rings. The Hall–Kier alpha value is -2.88. The lowest BCUT2D eigenvalue weighted by molar-refractivity contribution is -0.260. The van der Waals surface area contributed by atoms with Gasteiger partial charge in [-0.3, -0.25) is 14.4 Å². The molecular formula is C24H30O10. The molecule has 1 aromatic heterocycles. The van der Waals surface area contributed by atoms with Crippen LogP contribution in [0.3, 0.4) is 0 Å². The lowest BCUT2D eigenvalue weighted by Gasteiger charge is -2.61. The maximum Gasteiger partial charge on any atom is 0.343 e. The smallest absolute Gasteiger partial charge is 0.343 e. The summed E-state index contributed by atoms with van der Waals surface area (Å²) in [5, 5.41) is 12.0. The van der Waals surface area contributed by atoms with Crippen molar-refractivity contribution in [2.45, 2.75) is 63.8 Å². The molecule has 1 spiro atoms. The van der Waals surface area contributed by atoms with Gasteiger partial charge in [0.2, 0.25) is 5.60 Å². The predicted octanol–water partition coefficient (Wildman–Crippen LogP) is 2.09. The number of aliphatic hydroxyl groups is 1. The Labute approximate surface area is 196 Å². The van der Waals surface area contributed by atoms with E-state index >= 15 is 0 Å². The Bertz CT molecular complexity index is 986. The molecule has 4 rings (SSSR count). The average Bonchev–Trinajstić information content (AvgIpc) is 3.46. The van der Waals surface area contributed by atoms with Crippen LogP contribution >= 0.6 is 0 Å². The molecule has 0 bridgehead atoms. The van der Waals surface area contributed by atoms with Crippen LogP contribution in [0.25, 0.3) is 0 Å². The Kier molecular flexibility index (Phi) is 6.00. The van der Waals surface area contributed by atoms with Crippen LogP contribution in [-0.2, 0) is 38.1 Å². The van der Waals surface area contributed by atoms with E-state index in [4.69, 9.17) is 23.4 Å². The molecule has 3 fully saturated rings. The van der Waals surface area contributed by atoms with Crippen molar-refractivity contribution >= 4 is 23.9 Å². The van der Waals surface area contributed by atoms with E-state index in [1.165, 1.54) is 12.5 Å². The number of cyclic esters (lactones) is 1. The molecule has 10 heteroatoms. The fraction of sp³-hybridized carbons (Fsp3) is 0.667. The van der Waals surface area contributed by atoms with Crippen LogP contribution in [0.5, 0.6) is 0 Å². The summed E-state index contributed by atoms with van der Waals surface area (Å²) in [6.45, 7) is 3.07. The molecule has 0 amide bonds. The zero-order valence-electron chi connectivity index (χ0n) is 19.7. The van der Waals surface area contributed by atoms with E-state index in [1.54, 1.807) is 6.07 Å². The molecule has 1 N–H and O–H groups in total. The minimum Gasteiger partial charge on any atom is -0.472 e.